The summed E-state index contributed by atoms with van der Waals surface area (Å²) < 4.78 is 0. The molecule has 4 heteroatoms. The van der Waals surface area contributed by atoms with Gasteiger partial charge < -0.3 is 10.2 Å². The maximum absolute atomic E-state index is 4.44. The molecule has 0 saturated heterocycles. The summed E-state index contributed by atoms with van der Waals surface area (Å²) in [6, 6.07) is 0.651. The molecule has 1 aliphatic rings. The summed E-state index contributed by atoms with van der Waals surface area (Å²) in [5.74, 6) is 2.03. The molecular formula is C13H22N4. The summed E-state index contributed by atoms with van der Waals surface area (Å²) in [4.78, 5) is 11.1. The second kappa shape index (κ2) is 5.34. The minimum Gasteiger partial charge on any atom is -0.370 e. The van der Waals surface area contributed by atoms with E-state index in [0.717, 1.165) is 23.7 Å². The molecule has 1 aromatic rings. The van der Waals surface area contributed by atoms with Crippen LogP contribution in [0.25, 0.3) is 0 Å². The van der Waals surface area contributed by atoms with Crippen LogP contribution in [0.5, 0.6) is 0 Å². The zero-order valence-corrected chi connectivity index (χ0v) is 11.0. The monoisotopic (exact) mass is 234 g/mol. The second-order valence-electron chi connectivity index (χ2n) is 4.75. The van der Waals surface area contributed by atoms with Crippen LogP contribution in [0.2, 0.25) is 0 Å². The van der Waals surface area contributed by atoms with Crippen molar-refractivity contribution in [2.45, 2.75) is 45.6 Å². The van der Waals surface area contributed by atoms with Crippen molar-refractivity contribution in [2.75, 3.05) is 23.8 Å². The van der Waals surface area contributed by atoms with Crippen LogP contribution >= 0.6 is 0 Å². The molecule has 17 heavy (non-hydrogen) atoms. The van der Waals surface area contributed by atoms with Gasteiger partial charge in [-0.05, 0) is 26.7 Å². The van der Waals surface area contributed by atoms with E-state index in [1.165, 1.54) is 25.7 Å². The first kappa shape index (κ1) is 12.1. The topological polar surface area (TPSA) is 41.1 Å². The zero-order chi connectivity index (χ0) is 12.3. The van der Waals surface area contributed by atoms with Gasteiger partial charge in [0, 0.05) is 25.2 Å². The summed E-state index contributed by atoms with van der Waals surface area (Å²) >= 11 is 0. The highest BCUT2D eigenvalue weighted by atomic mass is 15.2. The Morgan fingerprint density at radius 1 is 1.35 bits per heavy atom. The van der Waals surface area contributed by atoms with Crippen molar-refractivity contribution < 1.29 is 0 Å². The molecule has 4 nitrogen and oxygen atoms in total. The second-order valence-corrected chi connectivity index (χ2v) is 4.75. The van der Waals surface area contributed by atoms with Gasteiger partial charge in [-0.3, -0.25) is 0 Å². The number of aromatic nitrogens is 2. The minimum atomic E-state index is 0.651. The van der Waals surface area contributed by atoms with E-state index in [1.54, 1.807) is 6.33 Å². The van der Waals surface area contributed by atoms with E-state index in [2.05, 4.69) is 41.1 Å². The molecule has 0 atom stereocenters. The Labute approximate surface area is 103 Å². The van der Waals surface area contributed by atoms with Crippen LogP contribution in [-0.2, 0) is 0 Å². The van der Waals surface area contributed by atoms with Crippen molar-refractivity contribution in [3.63, 3.8) is 0 Å². The van der Waals surface area contributed by atoms with Crippen molar-refractivity contribution in [3.8, 4) is 0 Å². The molecule has 0 amide bonds. The van der Waals surface area contributed by atoms with Crippen LogP contribution < -0.4 is 10.2 Å². The van der Waals surface area contributed by atoms with Crippen LogP contribution in [-0.4, -0.2) is 29.6 Å². The molecule has 0 unspecified atom stereocenters. The highest BCUT2D eigenvalue weighted by Crippen LogP contribution is 2.29. The van der Waals surface area contributed by atoms with E-state index in [9.17, 15) is 0 Å². The lowest BCUT2D eigenvalue weighted by Crippen LogP contribution is -2.30. The molecule has 1 heterocycles. The van der Waals surface area contributed by atoms with Crippen LogP contribution in [0, 0.1) is 6.92 Å². The zero-order valence-electron chi connectivity index (χ0n) is 11.0. The Morgan fingerprint density at radius 3 is 2.71 bits per heavy atom. The van der Waals surface area contributed by atoms with Crippen LogP contribution in [0.4, 0.5) is 11.6 Å². The summed E-state index contributed by atoms with van der Waals surface area (Å²) in [5.41, 5.74) is 1.16. The van der Waals surface area contributed by atoms with Crippen LogP contribution in [0.1, 0.15) is 38.2 Å². The standard InChI is InChI=1S/C13H22N4/c1-4-14-12-10(2)13(16-9-15-12)17(3)11-7-5-6-8-11/h9,11H,4-8H2,1-3H3,(H,14,15,16). The summed E-state index contributed by atoms with van der Waals surface area (Å²) in [7, 11) is 2.15. The van der Waals surface area contributed by atoms with Crippen LogP contribution in [0.15, 0.2) is 6.33 Å². The Kier molecular flexibility index (Phi) is 3.82. The van der Waals surface area contributed by atoms with Crippen LogP contribution in [0.3, 0.4) is 0 Å². The van der Waals surface area contributed by atoms with Crippen molar-refractivity contribution in [2.24, 2.45) is 0 Å². The third-order valence-corrected chi connectivity index (χ3v) is 3.61. The molecule has 94 valence electrons. The number of rotatable bonds is 4. The first-order valence-electron chi connectivity index (χ1n) is 6.52. The predicted molar refractivity (Wildman–Crippen MR) is 71.6 cm³/mol. The fraction of sp³-hybridized carbons (Fsp3) is 0.692. The van der Waals surface area contributed by atoms with Gasteiger partial charge in [-0.15, -0.1) is 0 Å². The normalized spacial score (nSPS) is 16.2. The number of anilines is 2. The SMILES string of the molecule is CCNc1ncnc(N(C)C2CCCC2)c1C. The molecule has 0 aromatic carbocycles. The Balaban J connectivity index is 2.21. The fourth-order valence-electron chi connectivity index (χ4n) is 2.61. The van der Waals surface area contributed by atoms with E-state index in [1.807, 2.05) is 0 Å². The average Bonchev–Trinajstić information content (AvgIpc) is 2.85. The molecular weight excluding hydrogens is 212 g/mol. The van der Waals surface area contributed by atoms with E-state index in [4.69, 9.17) is 0 Å². The predicted octanol–water partition coefficient (Wildman–Crippen LogP) is 2.60. The number of nitrogens with zero attached hydrogens (tertiary/aromatic N) is 3. The Bertz CT molecular complexity index is 372. The number of hydrogen-bond donors (Lipinski definition) is 1. The van der Waals surface area contributed by atoms with Gasteiger partial charge in [-0.25, -0.2) is 9.97 Å². The van der Waals surface area contributed by atoms with Gasteiger partial charge in [0.05, 0.1) is 0 Å². The lowest BCUT2D eigenvalue weighted by atomic mass is 10.2. The fourth-order valence-corrected chi connectivity index (χ4v) is 2.61. The molecule has 1 aliphatic carbocycles. The lowest BCUT2D eigenvalue weighted by molar-refractivity contribution is 0.644. The summed E-state index contributed by atoms with van der Waals surface area (Å²) in [6.45, 7) is 5.07. The van der Waals surface area contributed by atoms with E-state index >= 15 is 0 Å². The molecule has 0 radical (unpaired) electrons. The highest BCUT2D eigenvalue weighted by molar-refractivity contribution is 5.58. The quantitative estimate of drug-likeness (QED) is 0.869. The summed E-state index contributed by atoms with van der Waals surface area (Å²) in [5, 5.41) is 3.28. The largest absolute Gasteiger partial charge is 0.370 e. The smallest absolute Gasteiger partial charge is 0.137 e. The number of nitrogens with one attached hydrogen (secondary N) is 1. The van der Waals surface area contributed by atoms with Gasteiger partial charge in [0.25, 0.3) is 0 Å². The first-order valence-corrected chi connectivity index (χ1v) is 6.52. The van der Waals surface area contributed by atoms with Crippen molar-refractivity contribution in [3.05, 3.63) is 11.9 Å². The van der Waals surface area contributed by atoms with Gasteiger partial charge >= 0.3 is 0 Å². The maximum atomic E-state index is 4.44. The molecule has 0 spiro atoms. The van der Waals surface area contributed by atoms with Gasteiger partial charge in [-0.1, -0.05) is 12.8 Å². The third-order valence-electron chi connectivity index (χ3n) is 3.61. The molecule has 1 N–H and O–H groups in total. The molecule has 0 bridgehead atoms. The Hall–Kier alpha value is -1.32. The van der Waals surface area contributed by atoms with Crippen molar-refractivity contribution in [1.29, 1.82) is 0 Å². The molecule has 2 rings (SSSR count). The first-order chi connectivity index (χ1) is 8.24. The highest BCUT2D eigenvalue weighted by Gasteiger charge is 2.22. The van der Waals surface area contributed by atoms with E-state index in [-0.39, 0.29) is 0 Å². The van der Waals surface area contributed by atoms with Gasteiger partial charge in [0.2, 0.25) is 0 Å². The molecule has 1 fully saturated rings. The third kappa shape index (κ3) is 2.51. The van der Waals surface area contributed by atoms with Crippen molar-refractivity contribution in [1.82, 2.24) is 9.97 Å². The molecule has 0 aliphatic heterocycles. The summed E-state index contributed by atoms with van der Waals surface area (Å²) in [6.07, 6.45) is 6.93. The number of hydrogen-bond acceptors (Lipinski definition) is 4. The van der Waals surface area contributed by atoms with Gasteiger partial charge in [0.1, 0.15) is 18.0 Å². The Morgan fingerprint density at radius 2 is 2.06 bits per heavy atom. The molecule has 1 aromatic heterocycles. The minimum absolute atomic E-state index is 0.651. The van der Waals surface area contributed by atoms with E-state index < -0.39 is 0 Å². The van der Waals surface area contributed by atoms with Gasteiger partial charge in [0.15, 0.2) is 0 Å². The average molecular weight is 234 g/mol. The van der Waals surface area contributed by atoms with Gasteiger partial charge in [-0.2, -0.15) is 0 Å². The van der Waals surface area contributed by atoms with Crippen molar-refractivity contribution >= 4 is 11.6 Å². The molecule has 1 saturated carbocycles. The maximum Gasteiger partial charge on any atom is 0.137 e. The lowest BCUT2D eigenvalue weighted by Gasteiger charge is -2.27. The van der Waals surface area contributed by atoms with E-state index in [0.29, 0.717) is 6.04 Å².